The van der Waals surface area contributed by atoms with Gasteiger partial charge in [-0.3, -0.25) is 9.48 Å². The van der Waals surface area contributed by atoms with Crippen LogP contribution in [0.25, 0.3) is 0 Å². The Bertz CT molecular complexity index is 439. The molecule has 7 heteroatoms. The highest BCUT2D eigenvalue weighted by molar-refractivity contribution is 5.91. The van der Waals surface area contributed by atoms with Crippen LogP contribution in [0.4, 0.5) is 5.82 Å². The molecule has 1 amide bonds. The van der Waals surface area contributed by atoms with Crippen molar-refractivity contribution in [3.63, 3.8) is 0 Å². The molecule has 1 aromatic rings. The van der Waals surface area contributed by atoms with Gasteiger partial charge in [0.15, 0.2) is 5.82 Å². The van der Waals surface area contributed by atoms with Gasteiger partial charge < -0.3 is 15.4 Å². The Hall–Kier alpha value is -1.11. The molecule has 0 spiro atoms. The number of nitrogens with one attached hydrogen (secondary N) is 2. The highest BCUT2D eigenvalue weighted by atomic mass is 35.5. The number of nitrogens with zero attached hydrogens (tertiary/aromatic N) is 2. The van der Waals surface area contributed by atoms with Gasteiger partial charge >= 0.3 is 0 Å². The van der Waals surface area contributed by atoms with Crippen molar-refractivity contribution in [2.45, 2.75) is 25.3 Å². The number of rotatable bonds is 3. The second kappa shape index (κ2) is 7.06. The van der Waals surface area contributed by atoms with Crippen LogP contribution in [0.3, 0.4) is 0 Å². The number of hydrogen-bond acceptors (Lipinski definition) is 4. The third-order valence-corrected chi connectivity index (χ3v) is 3.80. The van der Waals surface area contributed by atoms with E-state index in [4.69, 9.17) is 4.74 Å². The molecule has 0 bridgehead atoms. The summed E-state index contributed by atoms with van der Waals surface area (Å²) in [7, 11) is 0. The predicted molar refractivity (Wildman–Crippen MR) is 78.2 cm³/mol. The zero-order valence-corrected chi connectivity index (χ0v) is 12.2. The summed E-state index contributed by atoms with van der Waals surface area (Å²) in [5.74, 6) is 0.629. The SMILES string of the molecule is Cl.O=C(Nc1ccn(C2CCNC2)n1)C1CCCOC1. The smallest absolute Gasteiger partial charge is 0.231 e. The topological polar surface area (TPSA) is 68.2 Å². The number of halogens is 1. The fourth-order valence-corrected chi connectivity index (χ4v) is 2.65. The van der Waals surface area contributed by atoms with Crippen molar-refractivity contribution >= 4 is 24.1 Å². The minimum absolute atomic E-state index is 0. The van der Waals surface area contributed by atoms with E-state index in [0.717, 1.165) is 39.0 Å². The number of carbonyl (C=O) groups excluding carboxylic acids is 1. The van der Waals surface area contributed by atoms with Crippen LogP contribution in [0.2, 0.25) is 0 Å². The van der Waals surface area contributed by atoms with Crippen molar-refractivity contribution in [2.75, 3.05) is 31.6 Å². The molecule has 2 atom stereocenters. The molecule has 0 saturated carbocycles. The minimum Gasteiger partial charge on any atom is -0.381 e. The van der Waals surface area contributed by atoms with E-state index in [9.17, 15) is 4.79 Å². The number of ether oxygens (including phenoxy) is 1. The first-order valence-electron chi connectivity index (χ1n) is 6.97. The Morgan fingerprint density at radius 3 is 3.10 bits per heavy atom. The monoisotopic (exact) mass is 300 g/mol. The van der Waals surface area contributed by atoms with Gasteiger partial charge in [-0.1, -0.05) is 0 Å². The van der Waals surface area contributed by atoms with E-state index < -0.39 is 0 Å². The molecule has 3 rings (SSSR count). The normalized spacial score (nSPS) is 26.0. The van der Waals surface area contributed by atoms with E-state index in [1.807, 2.05) is 16.9 Å². The maximum absolute atomic E-state index is 12.0. The molecule has 112 valence electrons. The molecular weight excluding hydrogens is 280 g/mol. The fraction of sp³-hybridized carbons (Fsp3) is 0.692. The Labute approximate surface area is 124 Å². The molecule has 2 fully saturated rings. The summed E-state index contributed by atoms with van der Waals surface area (Å²) < 4.78 is 7.27. The lowest BCUT2D eigenvalue weighted by molar-refractivity contribution is -0.123. The van der Waals surface area contributed by atoms with Crippen LogP contribution in [0, 0.1) is 5.92 Å². The lowest BCUT2D eigenvalue weighted by Gasteiger charge is -2.20. The quantitative estimate of drug-likeness (QED) is 0.880. The van der Waals surface area contributed by atoms with Crippen molar-refractivity contribution in [3.05, 3.63) is 12.3 Å². The second-order valence-electron chi connectivity index (χ2n) is 5.23. The maximum Gasteiger partial charge on any atom is 0.231 e. The van der Waals surface area contributed by atoms with E-state index in [2.05, 4.69) is 15.7 Å². The first kappa shape index (κ1) is 15.3. The van der Waals surface area contributed by atoms with Gasteiger partial charge in [0, 0.05) is 25.4 Å². The van der Waals surface area contributed by atoms with E-state index in [-0.39, 0.29) is 24.2 Å². The fourth-order valence-electron chi connectivity index (χ4n) is 2.65. The van der Waals surface area contributed by atoms with Gasteiger partial charge in [0.2, 0.25) is 5.91 Å². The first-order valence-corrected chi connectivity index (χ1v) is 6.97. The maximum atomic E-state index is 12.0. The molecule has 2 unspecified atom stereocenters. The summed E-state index contributed by atoms with van der Waals surface area (Å²) >= 11 is 0. The highest BCUT2D eigenvalue weighted by Crippen LogP contribution is 2.18. The standard InChI is InChI=1S/C13H20N4O2.ClH/c18-13(10-2-1-7-19-9-10)15-12-4-6-17(16-12)11-3-5-14-8-11;/h4,6,10-11,14H,1-3,5,7-9H2,(H,15,16,18);1H. The van der Waals surface area contributed by atoms with E-state index in [0.29, 0.717) is 18.5 Å². The van der Waals surface area contributed by atoms with Crippen LogP contribution in [0.5, 0.6) is 0 Å². The highest BCUT2D eigenvalue weighted by Gasteiger charge is 2.23. The summed E-state index contributed by atoms with van der Waals surface area (Å²) in [6.45, 7) is 3.28. The van der Waals surface area contributed by atoms with Gasteiger partial charge in [0.05, 0.1) is 18.6 Å². The van der Waals surface area contributed by atoms with E-state index >= 15 is 0 Å². The van der Waals surface area contributed by atoms with Crippen LogP contribution in [-0.4, -0.2) is 42.0 Å². The molecule has 0 radical (unpaired) electrons. The molecule has 2 aliphatic rings. The Balaban J connectivity index is 0.00000147. The molecular formula is C13H21ClN4O2. The summed E-state index contributed by atoms with van der Waals surface area (Å²) in [5.41, 5.74) is 0. The van der Waals surface area contributed by atoms with Crippen LogP contribution < -0.4 is 10.6 Å². The number of hydrogen-bond donors (Lipinski definition) is 2. The summed E-state index contributed by atoms with van der Waals surface area (Å²) in [4.78, 5) is 12.0. The van der Waals surface area contributed by atoms with Gasteiger partial charge in [0.25, 0.3) is 0 Å². The Kier molecular flexibility index (Phi) is 5.39. The number of anilines is 1. The molecule has 0 aliphatic carbocycles. The number of aromatic nitrogens is 2. The molecule has 20 heavy (non-hydrogen) atoms. The summed E-state index contributed by atoms with van der Waals surface area (Å²) in [5, 5.41) is 10.6. The van der Waals surface area contributed by atoms with E-state index in [1.54, 1.807) is 0 Å². The van der Waals surface area contributed by atoms with Crippen LogP contribution >= 0.6 is 12.4 Å². The molecule has 6 nitrogen and oxygen atoms in total. The zero-order valence-electron chi connectivity index (χ0n) is 11.4. The average Bonchev–Trinajstić information content (AvgIpc) is 3.10. The van der Waals surface area contributed by atoms with Gasteiger partial charge in [-0.25, -0.2) is 0 Å². The molecule has 1 aromatic heterocycles. The molecule has 0 aromatic carbocycles. The average molecular weight is 301 g/mol. The van der Waals surface area contributed by atoms with Gasteiger partial charge in [-0.15, -0.1) is 12.4 Å². The number of carbonyl (C=O) groups is 1. The summed E-state index contributed by atoms with van der Waals surface area (Å²) in [6.07, 6.45) is 4.88. The van der Waals surface area contributed by atoms with Crippen molar-refractivity contribution in [1.82, 2.24) is 15.1 Å². The molecule has 2 saturated heterocycles. The van der Waals surface area contributed by atoms with Crippen molar-refractivity contribution in [3.8, 4) is 0 Å². The summed E-state index contributed by atoms with van der Waals surface area (Å²) in [6, 6.07) is 2.27. The van der Waals surface area contributed by atoms with Crippen LogP contribution in [0.15, 0.2) is 12.3 Å². The Morgan fingerprint density at radius 2 is 2.40 bits per heavy atom. The predicted octanol–water partition coefficient (Wildman–Crippen LogP) is 1.20. The third-order valence-electron chi connectivity index (χ3n) is 3.80. The van der Waals surface area contributed by atoms with Crippen molar-refractivity contribution in [2.24, 2.45) is 5.92 Å². The molecule has 2 N–H and O–H groups in total. The zero-order chi connectivity index (χ0) is 13.1. The van der Waals surface area contributed by atoms with Gasteiger partial charge in [-0.05, 0) is 25.8 Å². The largest absolute Gasteiger partial charge is 0.381 e. The van der Waals surface area contributed by atoms with Crippen LogP contribution in [-0.2, 0) is 9.53 Å². The Morgan fingerprint density at radius 1 is 1.50 bits per heavy atom. The molecule has 2 aliphatic heterocycles. The first-order chi connectivity index (χ1) is 9.33. The minimum atomic E-state index is -0.0351. The lowest BCUT2D eigenvalue weighted by Crippen LogP contribution is -2.30. The van der Waals surface area contributed by atoms with Crippen molar-refractivity contribution in [1.29, 1.82) is 0 Å². The van der Waals surface area contributed by atoms with E-state index in [1.165, 1.54) is 0 Å². The van der Waals surface area contributed by atoms with Gasteiger partial charge in [0.1, 0.15) is 0 Å². The lowest BCUT2D eigenvalue weighted by atomic mass is 10.0. The van der Waals surface area contributed by atoms with Crippen molar-refractivity contribution < 1.29 is 9.53 Å². The third kappa shape index (κ3) is 3.50. The van der Waals surface area contributed by atoms with Gasteiger partial charge in [-0.2, -0.15) is 5.10 Å². The molecule has 3 heterocycles. The number of amides is 1. The van der Waals surface area contributed by atoms with Crippen LogP contribution in [0.1, 0.15) is 25.3 Å². The second-order valence-corrected chi connectivity index (χ2v) is 5.23.